The standard InChI is InChI=1S/C8H10N4O3S/c1-4(13)11-3-6-9-2-5(8(14)15)7(16)12(6)10-11/h2-4,10,13,16H,1H3,(H,14,15). The minimum absolute atomic E-state index is 0.0135. The Morgan fingerprint density at radius 2 is 2.38 bits per heavy atom. The van der Waals surface area contributed by atoms with Gasteiger partial charge in [0.05, 0.1) is 6.20 Å². The molecule has 0 amide bonds. The Bertz CT molecular complexity index is 429. The Morgan fingerprint density at radius 1 is 1.69 bits per heavy atom. The van der Waals surface area contributed by atoms with E-state index in [1.54, 1.807) is 13.1 Å². The van der Waals surface area contributed by atoms with Gasteiger partial charge in [-0.05, 0) is 6.92 Å². The van der Waals surface area contributed by atoms with Gasteiger partial charge in [0.1, 0.15) is 16.8 Å². The predicted octanol–water partition coefficient (Wildman–Crippen LogP) is -0.529. The first-order valence-corrected chi connectivity index (χ1v) is 4.90. The van der Waals surface area contributed by atoms with E-state index in [4.69, 9.17) is 5.11 Å². The van der Waals surface area contributed by atoms with Crippen LogP contribution in [0.2, 0.25) is 0 Å². The van der Waals surface area contributed by atoms with Crippen molar-refractivity contribution in [2.75, 3.05) is 0 Å². The number of hydrazine groups is 2. The highest BCUT2D eigenvalue weighted by Gasteiger charge is 2.30. The van der Waals surface area contributed by atoms with Gasteiger partial charge < -0.3 is 10.2 Å². The summed E-state index contributed by atoms with van der Waals surface area (Å²) in [5.74, 6) is -0.638. The molecule has 0 saturated heterocycles. The van der Waals surface area contributed by atoms with Gasteiger partial charge in [-0.25, -0.2) is 14.8 Å². The number of carboxylic acids is 1. The van der Waals surface area contributed by atoms with E-state index < -0.39 is 12.2 Å². The monoisotopic (exact) mass is 242 g/mol. The summed E-state index contributed by atoms with van der Waals surface area (Å²) < 4.78 is 0. The summed E-state index contributed by atoms with van der Waals surface area (Å²) in [6.07, 6.45) is 2.01. The van der Waals surface area contributed by atoms with E-state index in [-0.39, 0.29) is 10.6 Å². The summed E-state index contributed by atoms with van der Waals surface area (Å²) in [6, 6.07) is 0. The van der Waals surface area contributed by atoms with Gasteiger partial charge in [0.25, 0.3) is 0 Å². The van der Waals surface area contributed by atoms with Crippen molar-refractivity contribution < 1.29 is 15.0 Å². The van der Waals surface area contributed by atoms with Gasteiger partial charge >= 0.3 is 5.97 Å². The lowest BCUT2D eigenvalue weighted by molar-refractivity contribution is -0.132. The zero-order chi connectivity index (χ0) is 11.9. The smallest absolute Gasteiger partial charge is 0.340 e. The van der Waals surface area contributed by atoms with Crippen LogP contribution in [-0.4, -0.2) is 38.6 Å². The maximum atomic E-state index is 10.8. The third-order valence-electron chi connectivity index (χ3n) is 2.11. The second-order valence-corrected chi connectivity index (χ2v) is 3.69. The first-order valence-electron chi connectivity index (χ1n) is 4.46. The van der Waals surface area contributed by atoms with Crippen LogP contribution in [0.4, 0.5) is 0 Å². The highest BCUT2D eigenvalue weighted by Crippen LogP contribution is 2.26. The number of nitrogens with one attached hydrogen (secondary N) is 1. The zero-order valence-electron chi connectivity index (χ0n) is 8.32. The highest BCUT2D eigenvalue weighted by molar-refractivity contribution is 7.84. The van der Waals surface area contributed by atoms with E-state index in [0.717, 1.165) is 0 Å². The summed E-state index contributed by atoms with van der Waals surface area (Å²) >= 11 is 4.10. The molecule has 2 aliphatic rings. The van der Waals surface area contributed by atoms with Crippen molar-refractivity contribution in [1.82, 2.24) is 15.6 Å². The second-order valence-electron chi connectivity index (χ2n) is 3.26. The van der Waals surface area contributed by atoms with Gasteiger partial charge in [0.2, 0.25) is 0 Å². The largest absolute Gasteiger partial charge is 0.478 e. The number of nitrogens with zero attached hydrogens (tertiary/aromatic N) is 3. The van der Waals surface area contributed by atoms with Crippen molar-refractivity contribution >= 4 is 24.8 Å². The molecular weight excluding hydrogens is 232 g/mol. The molecular formula is C8H10N4O3S. The highest BCUT2D eigenvalue weighted by atomic mass is 32.1. The molecule has 7 nitrogen and oxygen atoms in total. The fourth-order valence-corrected chi connectivity index (χ4v) is 1.58. The number of thiol groups is 1. The number of aliphatic hydroxyl groups excluding tert-OH is 1. The lowest BCUT2D eigenvalue weighted by Gasteiger charge is -2.26. The maximum Gasteiger partial charge on any atom is 0.340 e. The van der Waals surface area contributed by atoms with E-state index in [9.17, 15) is 9.90 Å². The fourth-order valence-electron chi connectivity index (χ4n) is 1.28. The molecule has 0 aromatic rings. The van der Waals surface area contributed by atoms with Crippen molar-refractivity contribution in [2.45, 2.75) is 13.2 Å². The van der Waals surface area contributed by atoms with Crippen molar-refractivity contribution in [3.8, 4) is 0 Å². The molecule has 0 fully saturated rings. The van der Waals surface area contributed by atoms with E-state index in [2.05, 4.69) is 23.2 Å². The predicted molar refractivity (Wildman–Crippen MR) is 58.7 cm³/mol. The van der Waals surface area contributed by atoms with Crippen LogP contribution in [0.15, 0.2) is 27.6 Å². The molecule has 0 aromatic carbocycles. The average molecular weight is 242 g/mol. The molecule has 86 valence electrons. The molecule has 16 heavy (non-hydrogen) atoms. The van der Waals surface area contributed by atoms with Gasteiger partial charge in [-0.2, -0.15) is 0 Å². The second kappa shape index (κ2) is 3.81. The van der Waals surface area contributed by atoms with Gasteiger partial charge in [-0.15, -0.1) is 18.2 Å². The first-order chi connectivity index (χ1) is 7.50. The van der Waals surface area contributed by atoms with Crippen LogP contribution < -0.4 is 5.53 Å². The number of hydrogen-bond acceptors (Lipinski definition) is 7. The average Bonchev–Trinajstić information content (AvgIpc) is 2.62. The molecule has 0 aromatic heterocycles. The number of aliphatic imine (C=N–C) groups is 1. The number of carbonyl (C=O) groups is 1. The molecule has 0 aliphatic carbocycles. The van der Waals surface area contributed by atoms with Crippen LogP contribution in [0.3, 0.4) is 0 Å². The topological polar surface area (TPSA) is 88.4 Å². The lowest BCUT2D eigenvalue weighted by Crippen LogP contribution is -2.44. The summed E-state index contributed by atoms with van der Waals surface area (Å²) in [4.78, 5) is 14.8. The van der Waals surface area contributed by atoms with Crippen molar-refractivity contribution in [2.24, 2.45) is 4.99 Å². The normalized spacial score (nSPS) is 21.1. The number of aliphatic carboxylic acids is 1. The first kappa shape index (κ1) is 11.0. The molecule has 0 bridgehead atoms. The molecule has 8 heteroatoms. The SMILES string of the molecule is CC(O)N1C=C2N=CC(C(=O)O)=C(S)N2N1. The molecule has 2 rings (SSSR count). The van der Waals surface area contributed by atoms with Crippen molar-refractivity contribution in [3.63, 3.8) is 0 Å². The molecule has 2 heterocycles. The zero-order valence-corrected chi connectivity index (χ0v) is 9.22. The van der Waals surface area contributed by atoms with Crippen molar-refractivity contribution in [3.05, 3.63) is 22.6 Å². The Labute approximate surface area is 96.7 Å². The summed E-state index contributed by atoms with van der Waals surface area (Å²) in [5.41, 5.74) is 2.73. The Morgan fingerprint density at radius 3 is 2.94 bits per heavy atom. The number of fused-ring (bicyclic) bond motifs is 1. The molecule has 1 unspecified atom stereocenters. The maximum absolute atomic E-state index is 10.8. The molecule has 2 aliphatic heterocycles. The fraction of sp³-hybridized carbons (Fsp3) is 0.250. The van der Waals surface area contributed by atoms with Crippen molar-refractivity contribution in [1.29, 1.82) is 0 Å². The van der Waals surface area contributed by atoms with E-state index >= 15 is 0 Å². The van der Waals surface area contributed by atoms with Crippen LogP contribution in [-0.2, 0) is 4.79 Å². The Kier molecular flexibility index (Phi) is 2.62. The van der Waals surface area contributed by atoms with Gasteiger partial charge in [0, 0.05) is 6.21 Å². The Balaban J connectivity index is 2.31. The summed E-state index contributed by atoms with van der Waals surface area (Å²) in [7, 11) is 0. The molecule has 3 N–H and O–H groups in total. The third-order valence-corrected chi connectivity index (χ3v) is 2.55. The molecule has 1 atom stereocenters. The molecule has 0 radical (unpaired) electrons. The lowest BCUT2D eigenvalue weighted by atomic mass is 10.3. The van der Waals surface area contributed by atoms with E-state index in [1.807, 2.05) is 0 Å². The number of carboxylic acid groups (broad SMARTS) is 1. The van der Waals surface area contributed by atoms with E-state index in [0.29, 0.717) is 5.82 Å². The van der Waals surface area contributed by atoms with Crippen LogP contribution in [0, 0.1) is 0 Å². The van der Waals surface area contributed by atoms with Gasteiger partial charge in [-0.1, -0.05) is 0 Å². The molecule has 0 saturated carbocycles. The minimum Gasteiger partial charge on any atom is -0.478 e. The van der Waals surface area contributed by atoms with E-state index in [1.165, 1.54) is 16.2 Å². The van der Waals surface area contributed by atoms with Crippen LogP contribution in [0.25, 0.3) is 0 Å². The number of aliphatic hydroxyl groups is 1. The van der Waals surface area contributed by atoms with Gasteiger partial charge in [-0.3, -0.25) is 5.01 Å². The van der Waals surface area contributed by atoms with Crippen LogP contribution in [0.5, 0.6) is 0 Å². The van der Waals surface area contributed by atoms with Gasteiger partial charge in [0.15, 0.2) is 5.82 Å². The minimum atomic E-state index is -1.11. The quantitative estimate of drug-likeness (QED) is 0.487. The molecule has 0 spiro atoms. The number of rotatable bonds is 2. The van der Waals surface area contributed by atoms with Crippen LogP contribution >= 0.6 is 12.6 Å². The third kappa shape index (κ3) is 1.66. The summed E-state index contributed by atoms with van der Waals surface area (Å²) in [5, 5.41) is 21.2. The Hall–Kier alpha value is -1.51. The van der Waals surface area contributed by atoms with Crippen LogP contribution in [0.1, 0.15) is 6.92 Å². The summed E-state index contributed by atoms with van der Waals surface area (Å²) in [6.45, 7) is 1.56. The number of hydrogen-bond donors (Lipinski definition) is 4.